The van der Waals surface area contributed by atoms with Crippen LogP contribution in [0, 0.1) is 0 Å². The average Bonchev–Trinajstić information content (AvgIpc) is 3.22. The van der Waals surface area contributed by atoms with Crippen molar-refractivity contribution in [1.29, 1.82) is 0 Å². The lowest BCUT2D eigenvalue weighted by Gasteiger charge is -2.14. The monoisotopic (exact) mass is 340 g/mol. The minimum Gasteiger partial charge on any atom is -0.345 e. The van der Waals surface area contributed by atoms with Crippen LogP contribution < -0.4 is 5.32 Å². The molecule has 1 aliphatic rings. The van der Waals surface area contributed by atoms with Crippen molar-refractivity contribution in [3.8, 4) is 22.5 Å². The number of carbonyl (C=O) groups excluding carboxylic acids is 1. The largest absolute Gasteiger partial charge is 0.345 e. The molecule has 0 unspecified atom stereocenters. The summed E-state index contributed by atoms with van der Waals surface area (Å²) in [4.78, 5) is 24.0. The molecule has 26 heavy (non-hydrogen) atoms. The molecule has 2 aromatic carbocycles. The van der Waals surface area contributed by atoms with E-state index < -0.39 is 0 Å². The quantitative estimate of drug-likeness (QED) is 0.582. The number of benzene rings is 2. The van der Waals surface area contributed by atoms with Crippen molar-refractivity contribution >= 4 is 16.9 Å². The van der Waals surface area contributed by atoms with Gasteiger partial charge in [0.2, 0.25) is 5.91 Å². The molecular formula is C21H16N4O. The highest BCUT2D eigenvalue weighted by Gasteiger charge is 2.31. The summed E-state index contributed by atoms with van der Waals surface area (Å²) >= 11 is 0. The van der Waals surface area contributed by atoms with Gasteiger partial charge in [-0.1, -0.05) is 42.5 Å². The molecule has 0 spiro atoms. The lowest BCUT2D eigenvalue weighted by molar-refractivity contribution is -0.119. The summed E-state index contributed by atoms with van der Waals surface area (Å²) in [6, 6.07) is 16.1. The molecule has 0 bridgehead atoms. The predicted molar refractivity (Wildman–Crippen MR) is 100 cm³/mol. The van der Waals surface area contributed by atoms with E-state index in [4.69, 9.17) is 4.98 Å². The number of hydrogen-bond donors (Lipinski definition) is 2. The van der Waals surface area contributed by atoms with E-state index in [0.29, 0.717) is 0 Å². The van der Waals surface area contributed by atoms with Crippen LogP contribution in [0.25, 0.3) is 33.5 Å². The minimum absolute atomic E-state index is 0.0436. The maximum atomic E-state index is 11.8. The van der Waals surface area contributed by atoms with Crippen LogP contribution in [0.2, 0.25) is 0 Å². The zero-order chi connectivity index (χ0) is 17.7. The number of pyridine rings is 1. The summed E-state index contributed by atoms with van der Waals surface area (Å²) < 4.78 is 0. The van der Waals surface area contributed by atoms with Gasteiger partial charge in [0.1, 0.15) is 5.82 Å². The van der Waals surface area contributed by atoms with Gasteiger partial charge in [0.25, 0.3) is 0 Å². The van der Waals surface area contributed by atoms with Gasteiger partial charge in [-0.2, -0.15) is 0 Å². The Morgan fingerprint density at radius 1 is 1.04 bits per heavy atom. The Morgan fingerprint density at radius 3 is 2.69 bits per heavy atom. The fraction of sp³-hybridized carbons (Fsp3) is 0.0952. The van der Waals surface area contributed by atoms with Gasteiger partial charge >= 0.3 is 0 Å². The van der Waals surface area contributed by atoms with Crippen molar-refractivity contribution in [3.05, 3.63) is 72.1 Å². The summed E-state index contributed by atoms with van der Waals surface area (Å²) in [5, 5.41) is 3.08. The summed E-state index contributed by atoms with van der Waals surface area (Å²) in [5.74, 6) is 0.765. The number of carbonyl (C=O) groups is 1. The number of aromatic amines is 1. The second-order valence-electron chi connectivity index (χ2n) is 6.47. The number of nitrogens with one attached hydrogen (secondary N) is 2. The van der Waals surface area contributed by atoms with Gasteiger partial charge < -0.3 is 10.3 Å². The molecule has 5 rings (SSSR count). The molecule has 5 heteroatoms. The third-order valence-electron chi connectivity index (χ3n) is 4.83. The Hall–Kier alpha value is -3.47. The number of fused-ring (bicyclic) bond motifs is 4. The van der Waals surface area contributed by atoms with Gasteiger partial charge in [-0.3, -0.25) is 9.78 Å². The van der Waals surface area contributed by atoms with Crippen molar-refractivity contribution < 1.29 is 4.79 Å². The maximum absolute atomic E-state index is 11.8. The van der Waals surface area contributed by atoms with E-state index in [0.717, 1.165) is 44.7 Å². The van der Waals surface area contributed by atoms with E-state index in [1.165, 1.54) is 0 Å². The normalized spacial score (nSPS) is 14.9. The average molecular weight is 340 g/mol. The standard InChI is InChI=1S/C21H16N4O/c1-12(26)23-20-14-6-3-2-5-13(14)19-15(20)7-4-8-16(19)21-24-17-9-10-22-11-18(17)25-21/h2-11,20H,1H3,(H,23,26)(H,24,25)/t20-/m1/s1. The van der Waals surface area contributed by atoms with Crippen molar-refractivity contribution in [2.45, 2.75) is 13.0 Å². The van der Waals surface area contributed by atoms with Crippen LogP contribution in [0.3, 0.4) is 0 Å². The summed E-state index contributed by atoms with van der Waals surface area (Å²) in [5.41, 5.74) is 7.28. The predicted octanol–water partition coefficient (Wildman–Crippen LogP) is 3.83. The number of rotatable bonds is 2. The second-order valence-corrected chi connectivity index (χ2v) is 6.47. The number of H-pyrrole nitrogens is 1. The van der Waals surface area contributed by atoms with Crippen LogP contribution in [0.15, 0.2) is 60.9 Å². The van der Waals surface area contributed by atoms with Crippen LogP contribution >= 0.6 is 0 Å². The van der Waals surface area contributed by atoms with Gasteiger partial charge in [0, 0.05) is 18.7 Å². The SMILES string of the molecule is CC(=O)N[C@@H]1c2ccccc2-c2c(-c3nc4ccncc4[nH]3)cccc21. The van der Waals surface area contributed by atoms with Crippen molar-refractivity contribution in [3.63, 3.8) is 0 Å². The third-order valence-corrected chi connectivity index (χ3v) is 4.83. The van der Waals surface area contributed by atoms with E-state index >= 15 is 0 Å². The molecule has 1 amide bonds. The Bertz CT molecular complexity index is 1130. The third kappa shape index (κ3) is 2.14. The Kier molecular flexibility index (Phi) is 3.15. The van der Waals surface area contributed by atoms with Crippen LogP contribution in [0.5, 0.6) is 0 Å². The molecule has 1 aliphatic carbocycles. The van der Waals surface area contributed by atoms with Gasteiger partial charge in [-0.05, 0) is 28.3 Å². The highest BCUT2D eigenvalue weighted by Crippen LogP contribution is 2.47. The van der Waals surface area contributed by atoms with E-state index in [2.05, 4.69) is 39.6 Å². The van der Waals surface area contributed by atoms with Crippen LogP contribution in [0.1, 0.15) is 24.1 Å². The van der Waals surface area contributed by atoms with Crippen molar-refractivity contribution in [2.24, 2.45) is 0 Å². The zero-order valence-corrected chi connectivity index (χ0v) is 14.2. The van der Waals surface area contributed by atoms with E-state index in [1.807, 2.05) is 24.3 Å². The van der Waals surface area contributed by atoms with Crippen LogP contribution in [0.4, 0.5) is 0 Å². The van der Waals surface area contributed by atoms with Gasteiger partial charge in [-0.15, -0.1) is 0 Å². The molecule has 0 saturated carbocycles. The molecule has 0 saturated heterocycles. The zero-order valence-electron chi connectivity index (χ0n) is 14.2. The molecule has 0 aliphatic heterocycles. The fourth-order valence-corrected chi connectivity index (χ4v) is 3.80. The van der Waals surface area contributed by atoms with E-state index in [1.54, 1.807) is 19.3 Å². The topological polar surface area (TPSA) is 70.7 Å². The van der Waals surface area contributed by atoms with Crippen LogP contribution in [-0.4, -0.2) is 20.9 Å². The smallest absolute Gasteiger partial charge is 0.217 e. The van der Waals surface area contributed by atoms with Crippen LogP contribution in [-0.2, 0) is 4.79 Å². The number of amides is 1. The number of nitrogens with zero attached hydrogens (tertiary/aromatic N) is 2. The Labute approximate surface area is 150 Å². The van der Waals surface area contributed by atoms with Gasteiger partial charge in [0.15, 0.2) is 0 Å². The Morgan fingerprint density at radius 2 is 1.85 bits per heavy atom. The number of aromatic nitrogens is 3. The Balaban J connectivity index is 1.76. The molecule has 0 fully saturated rings. The fourth-order valence-electron chi connectivity index (χ4n) is 3.80. The first-order valence-electron chi connectivity index (χ1n) is 8.52. The van der Waals surface area contributed by atoms with Gasteiger partial charge in [0.05, 0.1) is 23.3 Å². The molecule has 1 atom stereocenters. The first-order chi connectivity index (χ1) is 12.7. The molecule has 2 N–H and O–H groups in total. The second kappa shape index (κ2) is 5.52. The highest BCUT2D eigenvalue weighted by molar-refractivity contribution is 5.92. The van der Waals surface area contributed by atoms with E-state index in [9.17, 15) is 4.79 Å². The molecule has 4 aromatic rings. The van der Waals surface area contributed by atoms with E-state index in [-0.39, 0.29) is 11.9 Å². The molecular weight excluding hydrogens is 324 g/mol. The molecule has 2 aromatic heterocycles. The summed E-state index contributed by atoms with van der Waals surface area (Å²) in [6.45, 7) is 1.55. The molecule has 5 nitrogen and oxygen atoms in total. The lowest BCUT2D eigenvalue weighted by atomic mass is 9.99. The van der Waals surface area contributed by atoms with Gasteiger partial charge in [-0.25, -0.2) is 4.98 Å². The number of hydrogen-bond acceptors (Lipinski definition) is 3. The summed E-state index contributed by atoms with van der Waals surface area (Å²) in [6.07, 6.45) is 3.52. The molecule has 126 valence electrons. The first-order valence-corrected chi connectivity index (χ1v) is 8.52. The minimum atomic E-state index is -0.135. The lowest BCUT2D eigenvalue weighted by Crippen LogP contribution is -2.25. The molecule has 0 radical (unpaired) electrons. The maximum Gasteiger partial charge on any atom is 0.217 e. The van der Waals surface area contributed by atoms with Crippen molar-refractivity contribution in [1.82, 2.24) is 20.3 Å². The summed E-state index contributed by atoms with van der Waals surface area (Å²) in [7, 11) is 0. The highest BCUT2D eigenvalue weighted by atomic mass is 16.1. The first kappa shape index (κ1) is 14.8. The van der Waals surface area contributed by atoms with Crippen molar-refractivity contribution in [2.75, 3.05) is 0 Å². The number of imidazole rings is 1. The molecule has 2 heterocycles.